The molecule has 0 saturated carbocycles. The number of anilines is 2. The zero-order chi connectivity index (χ0) is 18.8. The van der Waals surface area contributed by atoms with Gasteiger partial charge in [0, 0.05) is 24.2 Å². The van der Waals surface area contributed by atoms with Crippen molar-refractivity contribution in [2.75, 3.05) is 29.9 Å². The molecule has 3 amide bonds. The molecule has 1 aliphatic heterocycles. The highest BCUT2D eigenvalue weighted by molar-refractivity contribution is 7.14. The molecule has 0 aliphatic carbocycles. The van der Waals surface area contributed by atoms with Gasteiger partial charge in [0.05, 0.1) is 6.26 Å². The van der Waals surface area contributed by atoms with Crippen LogP contribution in [0.5, 0.6) is 0 Å². The molecule has 2 aromatic heterocycles. The third kappa shape index (κ3) is 3.68. The minimum atomic E-state index is -0.362. The molecule has 27 heavy (non-hydrogen) atoms. The maximum Gasteiger partial charge on any atom is 0.325 e. The fraction of sp³-hybridized carbons (Fsp3) is 0.167. The van der Waals surface area contributed by atoms with Crippen LogP contribution in [-0.2, 0) is 4.79 Å². The van der Waals surface area contributed by atoms with E-state index in [1.165, 1.54) is 33.3 Å². The Morgan fingerprint density at radius 1 is 1.26 bits per heavy atom. The topological polar surface area (TPSA) is 78.7 Å². The van der Waals surface area contributed by atoms with Crippen LogP contribution in [-0.4, -0.2) is 41.5 Å². The molecule has 1 fully saturated rings. The maximum atomic E-state index is 13.0. The van der Waals surface area contributed by atoms with Gasteiger partial charge in [0.1, 0.15) is 18.1 Å². The molecule has 7 nitrogen and oxygen atoms in total. The van der Waals surface area contributed by atoms with Crippen LogP contribution < -0.4 is 10.2 Å². The van der Waals surface area contributed by atoms with Gasteiger partial charge in [-0.05, 0) is 36.4 Å². The van der Waals surface area contributed by atoms with Crippen LogP contribution in [0.25, 0.3) is 11.5 Å². The number of benzene rings is 1. The Morgan fingerprint density at radius 2 is 2.07 bits per heavy atom. The van der Waals surface area contributed by atoms with E-state index in [2.05, 4.69) is 10.3 Å². The van der Waals surface area contributed by atoms with Gasteiger partial charge in [-0.15, -0.1) is 11.3 Å². The third-order valence-electron chi connectivity index (χ3n) is 4.09. The first-order valence-electron chi connectivity index (χ1n) is 8.21. The molecule has 1 N–H and O–H groups in total. The average molecular weight is 386 g/mol. The standard InChI is InChI=1S/C18H15FN4O3S/c19-12-3-5-13(6-4-12)23-8-7-22(18(23)25)10-16(24)21-17-20-14(11-27-17)15-2-1-9-26-15/h1-6,9,11H,7-8,10H2,(H,20,21,24). The molecule has 3 heterocycles. The molecule has 138 valence electrons. The number of urea groups is 1. The van der Waals surface area contributed by atoms with Crippen molar-refractivity contribution in [1.29, 1.82) is 0 Å². The second-order valence-electron chi connectivity index (χ2n) is 5.90. The van der Waals surface area contributed by atoms with Gasteiger partial charge < -0.3 is 14.6 Å². The van der Waals surface area contributed by atoms with Crippen molar-refractivity contribution in [3.8, 4) is 11.5 Å². The van der Waals surface area contributed by atoms with Gasteiger partial charge in [0.15, 0.2) is 10.9 Å². The van der Waals surface area contributed by atoms with Crippen molar-refractivity contribution in [1.82, 2.24) is 9.88 Å². The molecule has 3 aromatic rings. The van der Waals surface area contributed by atoms with Crippen LogP contribution in [0, 0.1) is 5.82 Å². The Hall–Kier alpha value is -3.20. The van der Waals surface area contributed by atoms with E-state index in [-0.39, 0.29) is 24.3 Å². The van der Waals surface area contributed by atoms with Gasteiger partial charge in [-0.2, -0.15) is 0 Å². The Balaban J connectivity index is 1.36. The molecular weight excluding hydrogens is 371 g/mol. The summed E-state index contributed by atoms with van der Waals surface area (Å²) in [7, 11) is 0. The zero-order valence-corrected chi connectivity index (χ0v) is 14.9. The number of aromatic nitrogens is 1. The minimum absolute atomic E-state index is 0.0772. The van der Waals surface area contributed by atoms with Gasteiger partial charge in [0.25, 0.3) is 0 Å². The molecule has 0 bridgehead atoms. The molecular formula is C18H15FN4O3S. The summed E-state index contributed by atoms with van der Waals surface area (Å²) in [5.41, 5.74) is 1.24. The monoisotopic (exact) mass is 386 g/mol. The first-order valence-corrected chi connectivity index (χ1v) is 9.09. The van der Waals surface area contributed by atoms with E-state index in [0.717, 1.165) is 0 Å². The number of carbonyl (C=O) groups is 2. The zero-order valence-electron chi connectivity index (χ0n) is 14.1. The lowest BCUT2D eigenvalue weighted by atomic mass is 10.3. The van der Waals surface area contributed by atoms with Crippen molar-refractivity contribution in [2.45, 2.75) is 0 Å². The van der Waals surface area contributed by atoms with Crippen molar-refractivity contribution in [3.63, 3.8) is 0 Å². The fourth-order valence-electron chi connectivity index (χ4n) is 2.79. The van der Waals surface area contributed by atoms with Gasteiger partial charge in [-0.25, -0.2) is 14.2 Å². The number of hydrogen-bond acceptors (Lipinski definition) is 5. The van der Waals surface area contributed by atoms with Crippen LogP contribution >= 0.6 is 11.3 Å². The number of rotatable bonds is 5. The van der Waals surface area contributed by atoms with Crippen molar-refractivity contribution in [3.05, 3.63) is 53.9 Å². The van der Waals surface area contributed by atoms with E-state index >= 15 is 0 Å². The second-order valence-corrected chi connectivity index (χ2v) is 6.75. The van der Waals surface area contributed by atoms with E-state index in [1.807, 2.05) is 0 Å². The summed E-state index contributed by atoms with van der Waals surface area (Å²) in [6.45, 7) is 0.781. The van der Waals surface area contributed by atoms with E-state index in [9.17, 15) is 14.0 Å². The number of furan rings is 1. The first-order chi connectivity index (χ1) is 13.1. The molecule has 1 saturated heterocycles. The number of nitrogens with zero attached hydrogens (tertiary/aromatic N) is 3. The number of nitrogens with one attached hydrogen (secondary N) is 1. The number of amides is 3. The van der Waals surface area contributed by atoms with Crippen LogP contribution in [0.1, 0.15) is 0 Å². The van der Waals surface area contributed by atoms with Gasteiger partial charge in [-0.1, -0.05) is 0 Å². The summed E-state index contributed by atoms with van der Waals surface area (Å²) in [5, 5.41) is 4.92. The fourth-order valence-corrected chi connectivity index (χ4v) is 3.51. The predicted octanol–water partition coefficient (Wildman–Crippen LogP) is 3.42. The van der Waals surface area contributed by atoms with E-state index in [4.69, 9.17) is 4.42 Å². The highest BCUT2D eigenvalue weighted by atomic mass is 32.1. The number of thiazole rings is 1. The Morgan fingerprint density at radius 3 is 2.81 bits per heavy atom. The van der Waals surface area contributed by atoms with E-state index < -0.39 is 0 Å². The smallest absolute Gasteiger partial charge is 0.325 e. The van der Waals surface area contributed by atoms with Crippen LogP contribution in [0.4, 0.5) is 20.0 Å². The first kappa shape index (κ1) is 17.2. The largest absolute Gasteiger partial charge is 0.463 e. The Labute approximate surface area is 158 Å². The minimum Gasteiger partial charge on any atom is -0.463 e. The summed E-state index contributed by atoms with van der Waals surface area (Å²) in [6, 6.07) is 8.96. The van der Waals surface area contributed by atoms with Crippen molar-refractivity contribution in [2.24, 2.45) is 0 Å². The highest BCUT2D eigenvalue weighted by Crippen LogP contribution is 2.25. The summed E-state index contributed by atoms with van der Waals surface area (Å²) in [5.74, 6) is -0.0694. The van der Waals surface area contributed by atoms with Gasteiger partial charge in [-0.3, -0.25) is 9.69 Å². The molecule has 1 aromatic carbocycles. The molecule has 0 unspecified atom stereocenters. The second kappa shape index (κ2) is 7.20. The Kier molecular flexibility index (Phi) is 4.59. The SMILES string of the molecule is O=C(CN1CCN(c2ccc(F)cc2)C1=O)Nc1nc(-c2ccco2)cs1. The lowest BCUT2D eigenvalue weighted by Crippen LogP contribution is -2.37. The highest BCUT2D eigenvalue weighted by Gasteiger charge is 2.31. The maximum absolute atomic E-state index is 13.0. The number of carbonyl (C=O) groups excluding carboxylic acids is 2. The molecule has 0 spiro atoms. The third-order valence-corrected chi connectivity index (χ3v) is 4.85. The van der Waals surface area contributed by atoms with Gasteiger partial charge >= 0.3 is 6.03 Å². The normalized spacial score (nSPS) is 14.0. The van der Waals surface area contributed by atoms with Crippen LogP contribution in [0.2, 0.25) is 0 Å². The average Bonchev–Trinajstić information content (AvgIpc) is 3.38. The molecule has 9 heteroatoms. The predicted molar refractivity (Wildman–Crippen MR) is 99.2 cm³/mol. The van der Waals surface area contributed by atoms with E-state index in [0.29, 0.717) is 35.4 Å². The molecule has 1 aliphatic rings. The van der Waals surface area contributed by atoms with E-state index in [1.54, 1.807) is 35.9 Å². The summed E-state index contributed by atoms with van der Waals surface area (Å²) in [4.78, 5) is 32.0. The summed E-state index contributed by atoms with van der Waals surface area (Å²) in [6.07, 6.45) is 1.55. The van der Waals surface area contributed by atoms with Gasteiger partial charge in [0.2, 0.25) is 5.91 Å². The number of halogens is 1. The molecule has 0 radical (unpaired) electrons. The lowest BCUT2D eigenvalue weighted by molar-refractivity contribution is -0.116. The Bertz CT molecular complexity index is 955. The quantitative estimate of drug-likeness (QED) is 0.729. The summed E-state index contributed by atoms with van der Waals surface area (Å²) < 4.78 is 18.3. The van der Waals surface area contributed by atoms with Crippen LogP contribution in [0.15, 0.2) is 52.5 Å². The lowest BCUT2D eigenvalue weighted by Gasteiger charge is -2.18. The molecule has 0 atom stereocenters. The van der Waals surface area contributed by atoms with Crippen molar-refractivity contribution < 1.29 is 18.4 Å². The summed E-state index contributed by atoms with van der Waals surface area (Å²) >= 11 is 1.28. The van der Waals surface area contributed by atoms with Crippen LogP contribution in [0.3, 0.4) is 0 Å². The van der Waals surface area contributed by atoms with Crippen molar-refractivity contribution >= 4 is 34.1 Å². The number of hydrogen-bond donors (Lipinski definition) is 1. The molecule has 4 rings (SSSR count).